The maximum Gasteiger partial charge on any atom is 0.0927 e. The van der Waals surface area contributed by atoms with Crippen LogP contribution < -0.4 is 5.73 Å². The van der Waals surface area contributed by atoms with Gasteiger partial charge in [-0.15, -0.1) is 0 Å². The Kier molecular flexibility index (Phi) is 3.69. The number of anilines is 1. The first-order valence-electron chi connectivity index (χ1n) is 5.94. The standard InChI is InChI=1S/C14H16Cl2N2/c1-7(2)4-9-6-11(17)12-13(16)8(3)5-10(15)14(12)18-9/h5-7H,4H2,1-3H3,(H2,17,18). The molecule has 1 aromatic carbocycles. The number of hydrogen-bond donors (Lipinski definition) is 1. The summed E-state index contributed by atoms with van der Waals surface area (Å²) >= 11 is 12.5. The number of fused-ring (bicyclic) bond motifs is 1. The number of aryl methyl sites for hydroxylation is 1. The summed E-state index contributed by atoms with van der Waals surface area (Å²) in [6.45, 7) is 6.20. The van der Waals surface area contributed by atoms with E-state index in [4.69, 9.17) is 28.9 Å². The second-order valence-corrected chi connectivity index (χ2v) is 5.80. The Morgan fingerprint density at radius 2 is 1.94 bits per heavy atom. The molecule has 0 saturated heterocycles. The topological polar surface area (TPSA) is 38.9 Å². The zero-order valence-corrected chi connectivity index (χ0v) is 12.2. The van der Waals surface area contributed by atoms with Crippen molar-refractivity contribution in [2.75, 3.05) is 5.73 Å². The van der Waals surface area contributed by atoms with Gasteiger partial charge in [0.15, 0.2) is 0 Å². The van der Waals surface area contributed by atoms with Gasteiger partial charge in [-0.3, -0.25) is 4.98 Å². The van der Waals surface area contributed by atoms with Crippen molar-refractivity contribution in [3.63, 3.8) is 0 Å². The normalized spacial score (nSPS) is 11.4. The van der Waals surface area contributed by atoms with Crippen LogP contribution in [0.2, 0.25) is 10.0 Å². The van der Waals surface area contributed by atoms with Crippen molar-refractivity contribution in [2.24, 2.45) is 5.92 Å². The van der Waals surface area contributed by atoms with Crippen LogP contribution in [0.4, 0.5) is 5.69 Å². The summed E-state index contributed by atoms with van der Waals surface area (Å²) in [5.41, 5.74) is 9.30. The van der Waals surface area contributed by atoms with E-state index in [0.717, 1.165) is 23.1 Å². The van der Waals surface area contributed by atoms with Crippen molar-refractivity contribution in [2.45, 2.75) is 27.2 Å². The molecule has 0 amide bonds. The van der Waals surface area contributed by atoms with E-state index < -0.39 is 0 Å². The number of pyridine rings is 1. The lowest BCUT2D eigenvalue weighted by molar-refractivity contribution is 0.637. The minimum Gasteiger partial charge on any atom is -0.398 e. The van der Waals surface area contributed by atoms with Gasteiger partial charge in [-0.05, 0) is 37.0 Å². The molecule has 0 fully saturated rings. The number of halogens is 2. The Morgan fingerprint density at radius 1 is 1.28 bits per heavy atom. The van der Waals surface area contributed by atoms with E-state index in [1.165, 1.54) is 0 Å². The molecule has 0 aliphatic heterocycles. The number of hydrogen-bond acceptors (Lipinski definition) is 2. The molecule has 96 valence electrons. The number of rotatable bonds is 2. The molecule has 18 heavy (non-hydrogen) atoms. The largest absolute Gasteiger partial charge is 0.398 e. The third-order valence-electron chi connectivity index (χ3n) is 2.86. The van der Waals surface area contributed by atoms with Crippen molar-refractivity contribution in [3.05, 3.63) is 33.4 Å². The van der Waals surface area contributed by atoms with Gasteiger partial charge in [0.05, 0.1) is 15.6 Å². The molecule has 0 spiro atoms. The highest BCUT2D eigenvalue weighted by Crippen LogP contribution is 2.35. The smallest absolute Gasteiger partial charge is 0.0927 e. The molecule has 0 unspecified atom stereocenters. The molecule has 2 aromatic rings. The van der Waals surface area contributed by atoms with Crippen LogP contribution in [-0.4, -0.2) is 4.98 Å². The number of aromatic nitrogens is 1. The van der Waals surface area contributed by atoms with Gasteiger partial charge in [0.2, 0.25) is 0 Å². The molecule has 1 aromatic heterocycles. The fourth-order valence-electron chi connectivity index (χ4n) is 2.07. The highest BCUT2D eigenvalue weighted by molar-refractivity contribution is 6.41. The Balaban J connectivity index is 2.73. The van der Waals surface area contributed by atoms with Crippen LogP contribution in [0.1, 0.15) is 25.1 Å². The zero-order valence-electron chi connectivity index (χ0n) is 10.7. The predicted octanol–water partition coefficient (Wildman–Crippen LogP) is 4.63. The molecule has 0 atom stereocenters. The number of benzene rings is 1. The molecule has 1 heterocycles. The molecule has 2 N–H and O–H groups in total. The van der Waals surface area contributed by atoms with Crippen molar-refractivity contribution in [3.8, 4) is 0 Å². The molecule has 4 heteroatoms. The highest BCUT2D eigenvalue weighted by Gasteiger charge is 2.13. The van der Waals surface area contributed by atoms with Gasteiger partial charge in [-0.1, -0.05) is 37.0 Å². The van der Waals surface area contributed by atoms with E-state index in [0.29, 0.717) is 27.2 Å². The van der Waals surface area contributed by atoms with Gasteiger partial charge in [-0.2, -0.15) is 0 Å². The number of nitrogen functional groups attached to an aromatic ring is 1. The molecule has 0 bridgehead atoms. The Labute approximate surface area is 117 Å². The molecule has 0 radical (unpaired) electrons. The van der Waals surface area contributed by atoms with Crippen molar-refractivity contribution < 1.29 is 0 Å². The summed E-state index contributed by atoms with van der Waals surface area (Å²) in [5, 5.41) is 1.99. The van der Waals surface area contributed by atoms with E-state index in [-0.39, 0.29) is 0 Å². The summed E-state index contributed by atoms with van der Waals surface area (Å²) in [6.07, 6.45) is 0.877. The lowest BCUT2D eigenvalue weighted by Crippen LogP contribution is -2.01. The average molecular weight is 283 g/mol. The quantitative estimate of drug-likeness (QED) is 0.872. The van der Waals surface area contributed by atoms with Gasteiger partial charge in [0, 0.05) is 16.8 Å². The van der Waals surface area contributed by atoms with E-state index in [1.807, 2.05) is 19.1 Å². The van der Waals surface area contributed by atoms with Gasteiger partial charge in [-0.25, -0.2) is 0 Å². The van der Waals surface area contributed by atoms with Crippen LogP contribution in [0, 0.1) is 12.8 Å². The van der Waals surface area contributed by atoms with Crippen LogP contribution in [0.3, 0.4) is 0 Å². The molecule has 2 rings (SSSR count). The lowest BCUT2D eigenvalue weighted by Gasteiger charge is -2.12. The maximum atomic E-state index is 6.28. The summed E-state index contributed by atoms with van der Waals surface area (Å²) in [6, 6.07) is 3.72. The number of nitrogens with two attached hydrogens (primary N) is 1. The van der Waals surface area contributed by atoms with Gasteiger partial charge >= 0.3 is 0 Å². The maximum absolute atomic E-state index is 6.28. The molecular weight excluding hydrogens is 267 g/mol. The first kappa shape index (κ1) is 13.4. The SMILES string of the molecule is Cc1cc(Cl)c2nc(CC(C)C)cc(N)c2c1Cl. The van der Waals surface area contributed by atoms with Crippen LogP contribution in [0.25, 0.3) is 10.9 Å². The first-order valence-corrected chi connectivity index (χ1v) is 6.69. The minimum absolute atomic E-state index is 0.522. The monoisotopic (exact) mass is 282 g/mol. The van der Waals surface area contributed by atoms with Crippen molar-refractivity contribution in [1.82, 2.24) is 4.98 Å². The fourth-order valence-corrected chi connectivity index (χ4v) is 2.62. The molecule has 0 saturated carbocycles. The van der Waals surface area contributed by atoms with Gasteiger partial charge < -0.3 is 5.73 Å². The zero-order chi connectivity index (χ0) is 13.4. The van der Waals surface area contributed by atoms with Crippen molar-refractivity contribution in [1.29, 1.82) is 0 Å². The minimum atomic E-state index is 0.522. The second kappa shape index (κ2) is 4.94. The number of nitrogens with zero attached hydrogens (tertiary/aromatic N) is 1. The second-order valence-electron chi connectivity index (χ2n) is 5.01. The third-order valence-corrected chi connectivity index (χ3v) is 3.63. The van der Waals surface area contributed by atoms with E-state index in [9.17, 15) is 0 Å². The summed E-state index contributed by atoms with van der Waals surface area (Å²) in [4.78, 5) is 4.58. The third kappa shape index (κ3) is 2.40. The average Bonchev–Trinajstić information content (AvgIpc) is 2.24. The van der Waals surface area contributed by atoms with E-state index in [2.05, 4.69) is 18.8 Å². The van der Waals surface area contributed by atoms with Crippen LogP contribution in [-0.2, 0) is 6.42 Å². The Morgan fingerprint density at radius 3 is 2.56 bits per heavy atom. The predicted molar refractivity (Wildman–Crippen MR) is 79.5 cm³/mol. The van der Waals surface area contributed by atoms with Crippen LogP contribution >= 0.6 is 23.2 Å². The summed E-state index contributed by atoms with van der Waals surface area (Å²) in [5.74, 6) is 0.522. The fraction of sp³-hybridized carbons (Fsp3) is 0.357. The van der Waals surface area contributed by atoms with E-state index >= 15 is 0 Å². The van der Waals surface area contributed by atoms with E-state index in [1.54, 1.807) is 0 Å². The lowest BCUT2D eigenvalue weighted by atomic mass is 10.0. The molecule has 2 nitrogen and oxygen atoms in total. The highest BCUT2D eigenvalue weighted by atomic mass is 35.5. The van der Waals surface area contributed by atoms with Crippen LogP contribution in [0.5, 0.6) is 0 Å². The summed E-state index contributed by atoms with van der Waals surface area (Å²) in [7, 11) is 0. The molecular formula is C14H16Cl2N2. The van der Waals surface area contributed by atoms with Gasteiger partial charge in [0.25, 0.3) is 0 Å². The Hall–Kier alpha value is -0.990. The van der Waals surface area contributed by atoms with Crippen molar-refractivity contribution >= 4 is 39.8 Å². The van der Waals surface area contributed by atoms with Crippen LogP contribution in [0.15, 0.2) is 12.1 Å². The molecule has 0 aliphatic rings. The Bertz CT molecular complexity index is 607. The summed E-state index contributed by atoms with van der Waals surface area (Å²) < 4.78 is 0. The molecule has 0 aliphatic carbocycles. The van der Waals surface area contributed by atoms with Gasteiger partial charge in [0.1, 0.15) is 0 Å². The first-order chi connectivity index (χ1) is 8.40.